The zero-order valence-electron chi connectivity index (χ0n) is 14.0. The summed E-state index contributed by atoms with van der Waals surface area (Å²) in [5, 5.41) is 7.56. The van der Waals surface area contributed by atoms with Gasteiger partial charge < -0.3 is 9.64 Å². The average molecular weight is 328 g/mol. The van der Waals surface area contributed by atoms with Gasteiger partial charge in [0, 0.05) is 18.5 Å². The van der Waals surface area contributed by atoms with Crippen molar-refractivity contribution in [3.63, 3.8) is 0 Å². The summed E-state index contributed by atoms with van der Waals surface area (Å²) in [5.74, 6) is -0.239. The molecule has 1 aliphatic heterocycles. The number of fused-ring (bicyclic) bond motifs is 2. The van der Waals surface area contributed by atoms with E-state index in [0.29, 0.717) is 24.4 Å². The fourth-order valence-corrected chi connectivity index (χ4v) is 4.63. The number of nitrogens with one attached hydrogen (secondary N) is 1. The van der Waals surface area contributed by atoms with Crippen molar-refractivity contribution in [2.45, 2.75) is 20.3 Å². The minimum Gasteiger partial charge on any atom is -0.469 e. The summed E-state index contributed by atoms with van der Waals surface area (Å²) < 4.78 is 5.03. The lowest BCUT2D eigenvalue weighted by atomic mass is 9.48. The molecule has 0 aromatic carbocycles. The van der Waals surface area contributed by atoms with Crippen molar-refractivity contribution >= 4 is 22.9 Å². The number of methoxy groups -OCH3 is 1. The molecule has 7 heteroatoms. The number of nitrogens with zero attached hydrogens (tertiary/aromatic N) is 3. The molecule has 7 nitrogen and oxygen atoms in total. The van der Waals surface area contributed by atoms with Crippen molar-refractivity contribution in [2.24, 2.45) is 16.7 Å². The Morgan fingerprint density at radius 3 is 2.88 bits per heavy atom. The summed E-state index contributed by atoms with van der Waals surface area (Å²) in [6.45, 7) is 5.24. The smallest absolute Gasteiger partial charge is 0.314 e. The average Bonchev–Trinajstić information content (AvgIpc) is 3.15. The molecule has 1 saturated heterocycles. The molecule has 24 heavy (non-hydrogen) atoms. The van der Waals surface area contributed by atoms with Gasteiger partial charge in [0.1, 0.15) is 5.69 Å². The highest BCUT2D eigenvalue weighted by atomic mass is 16.5. The first kappa shape index (κ1) is 15.1. The Balaban J connectivity index is 1.63. The molecule has 126 valence electrons. The maximum atomic E-state index is 12.9. The molecule has 3 heterocycles. The number of pyridine rings is 1. The van der Waals surface area contributed by atoms with Crippen LogP contribution in [-0.2, 0) is 9.53 Å². The predicted octanol–water partition coefficient (Wildman–Crippen LogP) is 1.62. The van der Waals surface area contributed by atoms with Crippen LogP contribution in [0.4, 0.5) is 0 Å². The molecular formula is C17H20N4O3. The molecule has 2 fully saturated rings. The first-order chi connectivity index (χ1) is 11.4. The first-order valence-corrected chi connectivity index (χ1v) is 8.05. The van der Waals surface area contributed by atoms with Gasteiger partial charge in [-0.2, -0.15) is 5.10 Å². The number of likely N-dealkylation sites (tertiary alicyclic amines) is 1. The zero-order valence-corrected chi connectivity index (χ0v) is 14.0. The van der Waals surface area contributed by atoms with Crippen LogP contribution in [0.3, 0.4) is 0 Å². The summed E-state index contributed by atoms with van der Waals surface area (Å²) in [6, 6.07) is 3.53. The maximum absolute atomic E-state index is 12.9. The van der Waals surface area contributed by atoms with Gasteiger partial charge in [0.05, 0.1) is 18.7 Å². The number of esters is 1. The van der Waals surface area contributed by atoms with Crippen molar-refractivity contribution in [2.75, 3.05) is 20.2 Å². The normalized spacial score (nSPS) is 27.6. The molecule has 1 N–H and O–H groups in total. The summed E-state index contributed by atoms with van der Waals surface area (Å²) in [7, 11) is 1.41. The second-order valence-corrected chi connectivity index (χ2v) is 7.56. The van der Waals surface area contributed by atoms with E-state index in [0.717, 1.165) is 11.8 Å². The highest BCUT2D eigenvalue weighted by Gasteiger charge is 2.68. The van der Waals surface area contributed by atoms with E-state index in [4.69, 9.17) is 4.74 Å². The Labute approximate surface area is 139 Å². The number of H-pyrrole nitrogens is 1. The van der Waals surface area contributed by atoms with Gasteiger partial charge in [0.25, 0.3) is 5.91 Å². The Bertz CT molecular complexity index is 843. The van der Waals surface area contributed by atoms with Gasteiger partial charge in [-0.1, -0.05) is 13.8 Å². The molecule has 0 bridgehead atoms. The molecule has 1 aliphatic carbocycles. The lowest BCUT2D eigenvalue weighted by Crippen LogP contribution is -2.57. The van der Waals surface area contributed by atoms with Gasteiger partial charge in [0.15, 0.2) is 5.65 Å². The Morgan fingerprint density at radius 2 is 2.17 bits per heavy atom. The second-order valence-electron chi connectivity index (χ2n) is 7.56. The van der Waals surface area contributed by atoms with E-state index in [-0.39, 0.29) is 23.2 Å². The number of aromatic amines is 1. The van der Waals surface area contributed by atoms with E-state index < -0.39 is 5.41 Å². The number of carbonyl (C=O) groups excluding carboxylic acids is 2. The summed E-state index contributed by atoms with van der Waals surface area (Å²) in [5.41, 5.74) is 0.424. The number of hydrogen-bond acceptors (Lipinski definition) is 5. The third-order valence-electron chi connectivity index (χ3n) is 5.66. The van der Waals surface area contributed by atoms with Crippen LogP contribution in [0.5, 0.6) is 0 Å². The van der Waals surface area contributed by atoms with Crippen LogP contribution in [0.25, 0.3) is 11.0 Å². The largest absolute Gasteiger partial charge is 0.469 e. The molecule has 2 aliphatic rings. The van der Waals surface area contributed by atoms with Crippen LogP contribution in [-0.4, -0.2) is 52.2 Å². The van der Waals surface area contributed by atoms with Crippen molar-refractivity contribution < 1.29 is 14.3 Å². The number of hydrogen-bond donors (Lipinski definition) is 1. The van der Waals surface area contributed by atoms with Crippen molar-refractivity contribution in [1.82, 2.24) is 20.1 Å². The molecule has 2 aromatic rings. The van der Waals surface area contributed by atoms with Gasteiger partial charge in [-0.3, -0.25) is 14.7 Å². The Kier molecular flexibility index (Phi) is 3.01. The molecule has 4 rings (SSSR count). The molecule has 1 amide bonds. The lowest BCUT2D eigenvalue weighted by molar-refractivity contribution is -0.174. The van der Waals surface area contributed by atoms with Gasteiger partial charge >= 0.3 is 5.97 Å². The van der Waals surface area contributed by atoms with Crippen molar-refractivity contribution in [3.05, 3.63) is 24.0 Å². The lowest BCUT2D eigenvalue weighted by Gasteiger charge is -2.54. The van der Waals surface area contributed by atoms with Gasteiger partial charge in [-0.25, -0.2) is 4.98 Å². The molecular weight excluding hydrogens is 308 g/mol. The highest BCUT2D eigenvalue weighted by molar-refractivity contribution is 5.95. The molecule has 0 radical (unpaired) electrons. The van der Waals surface area contributed by atoms with E-state index in [2.05, 4.69) is 29.0 Å². The molecule has 0 unspecified atom stereocenters. The summed E-state index contributed by atoms with van der Waals surface area (Å²) in [4.78, 5) is 31.3. The number of aromatic nitrogens is 3. The van der Waals surface area contributed by atoms with Crippen LogP contribution in [0.2, 0.25) is 0 Å². The third-order valence-corrected chi connectivity index (χ3v) is 5.66. The van der Waals surface area contributed by atoms with Crippen molar-refractivity contribution in [1.29, 1.82) is 0 Å². The third kappa shape index (κ3) is 1.90. The monoisotopic (exact) mass is 328 g/mol. The fraction of sp³-hybridized carbons (Fsp3) is 0.529. The van der Waals surface area contributed by atoms with Gasteiger partial charge in [-0.05, 0) is 29.9 Å². The summed E-state index contributed by atoms with van der Waals surface area (Å²) in [6.07, 6.45) is 2.41. The van der Waals surface area contributed by atoms with E-state index in [1.54, 1.807) is 17.2 Å². The molecule has 2 atom stereocenters. The Morgan fingerprint density at radius 1 is 1.38 bits per heavy atom. The topological polar surface area (TPSA) is 88.2 Å². The number of carbonyl (C=O) groups is 2. The van der Waals surface area contributed by atoms with E-state index in [9.17, 15) is 9.59 Å². The van der Waals surface area contributed by atoms with Crippen molar-refractivity contribution in [3.8, 4) is 0 Å². The maximum Gasteiger partial charge on any atom is 0.314 e. The molecule has 0 spiro atoms. The number of rotatable bonds is 2. The van der Waals surface area contributed by atoms with Crippen LogP contribution >= 0.6 is 0 Å². The fourth-order valence-electron chi connectivity index (χ4n) is 4.63. The SMILES string of the molecule is COC(=O)[C@@]12CN(C(=O)c3ccc4cn[nH]c4n3)C[C@@H]1C(C)(C)C2. The first-order valence-electron chi connectivity index (χ1n) is 8.05. The van der Waals surface area contributed by atoms with Crippen LogP contribution in [0, 0.1) is 16.7 Å². The van der Waals surface area contributed by atoms with E-state index in [1.165, 1.54) is 7.11 Å². The standard InChI is InChI=1S/C17H20N4O3/c1-16(2)8-17(15(23)24-3)9-21(7-12(16)17)14(22)11-5-4-10-6-18-20-13(10)19-11/h4-6,12H,7-9H2,1-3H3,(H,18,19,20)/t12-,17+/m1/s1. The van der Waals surface area contributed by atoms with Crippen LogP contribution < -0.4 is 0 Å². The number of amides is 1. The molecule has 1 saturated carbocycles. The van der Waals surface area contributed by atoms with E-state index in [1.807, 2.05) is 6.07 Å². The zero-order chi connectivity index (χ0) is 17.1. The quantitative estimate of drug-likeness (QED) is 0.846. The van der Waals surface area contributed by atoms with Gasteiger partial charge in [0.2, 0.25) is 0 Å². The van der Waals surface area contributed by atoms with E-state index >= 15 is 0 Å². The molecule has 2 aromatic heterocycles. The minimum atomic E-state index is -0.563. The van der Waals surface area contributed by atoms with Gasteiger partial charge in [-0.15, -0.1) is 0 Å². The second kappa shape index (κ2) is 4.78. The predicted molar refractivity (Wildman–Crippen MR) is 86.1 cm³/mol. The summed E-state index contributed by atoms with van der Waals surface area (Å²) >= 11 is 0. The number of ether oxygens (including phenoxy) is 1. The highest BCUT2D eigenvalue weighted by Crippen LogP contribution is 2.63. The van der Waals surface area contributed by atoms with Crippen LogP contribution in [0.1, 0.15) is 30.8 Å². The minimum absolute atomic E-state index is 0.0317. The Hall–Kier alpha value is -2.44. The van der Waals surface area contributed by atoms with Crippen LogP contribution in [0.15, 0.2) is 18.3 Å².